The van der Waals surface area contributed by atoms with Crippen molar-refractivity contribution in [3.05, 3.63) is 29.8 Å². The number of benzene rings is 1. The molecular formula is C8H7NO2S. The van der Waals surface area contributed by atoms with Crippen LogP contribution in [-0.2, 0) is 4.79 Å². The summed E-state index contributed by atoms with van der Waals surface area (Å²) in [5.41, 5.74) is 6.11. The summed E-state index contributed by atoms with van der Waals surface area (Å²) in [5.74, 6) is 0.477. The highest BCUT2D eigenvalue weighted by atomic mass is 32.1. The van der Waals surface area contributed by atoms with E-state index < -0.39 is 0 Å². The molecule has 0 aliphatic rings. The van der Waals surface area contributed by atoms with Crippen molar-refractivity contribution >= 4 is 23.7 Å². The van der Waals surface area contributed by atoms with Gasteiger partial charge in [0.25, 0.3) is 6.47 Å². The zero-order valence-electron chi connectivity index (χ0n) is 6.19. The van der Waals surface area contributed by atoms with Crippen LogP contribution in [0, 0.1) is 0 Å². The molecule has 0 spiro atoms. The molecule has 3 nitrogen and oxygen atoms in total. The first-order valence-corrected chi connectivity index (χ1v) is 3.65. The SMILES string of the molecule is NC(=S)c1ccc(OC=O)cc1. The lowest BCUT2D eigenvalue weighted by molar-refractivity contribution is -0.120. The normalized spacial score (nSPS) is 9.00. The quantitative estimate of drug-likeness (QED) is 0.555. The number of ether oxygens (including phenoxy) is 1. The van der Waals surface area contributed by atoms with Crippen LogP contribution >= 0.6 is 12.2 Å². The molecule has 0 bridgehead atoms. The molecule has 0 atom stereocenters. The van der Waals surface area contributed by atoms with Crippen LogP contribution in [0.4, 0.5) is 0 Å². The lowest BCUT2D eigenvalue weighted by Crippen LogP contribution is -2.08. The number of hydrogen-bond acceptors (Lipinski definition) is 3. The maximum absolute atomic E-state index is 9.92. The van der Waals surface area contributed by atoms with Crippen molar-refractivity contribution in [2.24, 2.45) is 5.73 Å². The summed E-state index contributed by atoms with van der Waals surface area (Å²) < 4.78 is 4.58. The number of carbonyl (C=O) groups is 1. The molecule has 4 heteroatoms. The Morgan fingerprint density at radius 2 is 2.00 bits per heavy atom. The van der Waals surface area contributed by atoms with Gasteiger partial charge in [-0.05, 0) is 24.3 Å². The molecule has 1 rings (SSSR count). The van der Waals surface area contributed by atoms with Crippen molar-refractivity contribution in [2.45, 2.75) is 0 Å². The minimum absolute atomic E-state index is 0.327. The van der Waals surface area contributed by atoms with Gasteiger partial charge in [0.1, 0.15) is 10.7 Å². The predicted octanol–water partition coefficient (Wildman–Crippen LogP) is 0.856. The smallest absolute Gasteiger partial charge is 0.298 e. The van der Waals surface area contributed by atoms with Crippen LogP contribution in [0.1, 0.15) is 5.56 Å². The van der Waals surface area contributed by atoms with Gasteiger partial charge in [-0.1, -0.05) is 12.2 Å². The van der Waals surface area contributed by atoms with Gasteiger partial charge in [0, 0.05) is 5.56 Å². The van der Waals surface area contributed by atoms with Gasteiger partial charge in [0.05, 0.1) is 0 Å². The third kappa shape index (κ3) is 2.03. The largest absolute Gasteiger partial charge is 0.429 e. The van der Waals surface area contributed by atoms with Crippen LogP contribution in [0.3, 0.4) is 0 Å². The van der Waals surface area contributed by atoms with Crippen LogP contribution in [0.5, 0.6) is 5.75 Å². The van der Waals surface area contributed by atoms with Crippen LogP contribution in [0.15, 0.2) is 24.3 Å². The van der Waals surface area contributed by atoms with Crippen molar-refractivity contribution in [2.75, 3.05) is 0 Å². The lowest BCUT2D eigenvalue weighted by Gasteiger charge is -1.99. The fraction of sp³-hybridized carbons (Fsp3) is 0. The highest BCUT2D eigenvalue weighted by Crippen LogP contribution is 2.10. The van der Waals surface area contributed by atoms with E-state index in [1.54, 1.807) is 24.3 Å². The monoisotopic (exact) mass is 181 g/mol. The molecule has 12 heavy (non-hydrogen) atoms. The first-order chi connectivity index (χ1) is 5.74. The molecule has 0 heterocycles. The summed E-state index contributed by atoms with van der Waals surface area (Å²) >= 11 is 4.74. The molecule has 2 N–H and O–H groups in total. The lowest BCUT2D eigenvalue weighted by atomic mass is 10.2. The first-order valence-electron chi connectivity index (χ1n) is 3.24. The maximum Gasteiger partial charge on any atom is 0.298 e. The van der Waals surface area contributed by atoms with Gasteiger partial charge in [0.15, 0.2) is 0 Å². The number of carbonyl (C=O) groups excluding carboxylic acids is 1. The van der Waals surface area contributed by atoms with Crippen LogP contribution < -0.4 is 10.5 Å². The van der Waals surface area contributed by atoms with E-state index in [0.717, 1.165) is 5.56 Å². The van der Waals surface area contributed by atoms with Crippen molar-refractivity contribution < 1.29 is 9.53 Å². The average Bonchev–Trinajstić information content (AvgIpc) is 2.06. The molecule has 0 amide bonds. The summed E-state index contributed by atoms with van der Waals surface area (Å²) in [7, 11) is 0. The minimum atomic E-state index is 0.327. The Hall–Kier alpha value is -1.42. The fourth-order valence-corrected chi connectivity index (χ4v) is 0.889. The van der Waals surface area contributed by atoms with Crippen LogP contribution in [0.25, 0.3) is 0 Å². The van der Waals surface area contributed by atoms with Crippen LogP contribution in [-0.4, -0.2) is 11.5 Å². The topological polar surface area (TPSA) is 52.3 Å². The van der Waals surface area contributed by atoms with E-state index >= 15 is 0 Å². The minimum Gasteiger partial charge on any atom is -0.429 e. The standard InChI is InChI=1S/C8H7NO2S/c9-8(12)6-1-3-7(4-2-6)11-5-10/h1-5H,(H2,9,12). The molecule has 0 radical (unpaired) electrons. The molecule has 62 valence electrons. The van der Waals surface area contributed by atoms with Crippen LogP contribution in [0.2, 0.25) is 0 Å². The molecule has 1 aromatic carbocycles. The van der Waals surface area contributed by atoms with Gasteiger partial charge in [-0.3, -0.25) is 4.79 Å². The molecule has 1 aromatic rings. The molecule has 0 aliphatic carbocycles. The second kappa shape index (κ2) is 3.82. The van der Waals surface area contributed by atoms with Gasteiger partial charge in [-0.15, -0.1) is 0 Å². The number of hydrogen-bond donors (Lipinski definition) is 1. The number of nitrogens with two attached hydrogens (primary N) is 1. The Bertz CT molecular complexity index is 294. The number of rotatable bonds is 3. The number of thiocarbonyl (C=S) groups is 1. The third-order valence-electron chi connectivity index (χ3n) is 1.32. The van der Waals surface area contributed by atoms with E-state index in [1.807, 2.05) is 0 Å². The fourth-order valence-electron chi connectivity index (χ4n) is 0.753. The molecule has 0 saturated heterocycles. The van der Waals surface area contributed by atoms with E-state index in [4.69, 9.17) is 18.0 Å². The second-order valence-corrected chi connectivity index (χ2v) is 2.54. The van der Waals surface area contributed by atoms with E-state index in [9.17, 15) is 4.79 Å². The third-order valence-corrected chi connectivity index (χ3v) is 1.56. The molecule has 0 fully saturated rings. The Kier molecular flexibility index (Phi) is 2.76. The molecule has 0 unspecified atom stereocenters. The van der Waals surface area contributed by atoms with Crippen molar-refractivity contribution in [3.63, 3.8) is 0 Å². The average molecular weight is 181 g/mol. The molecule has 0 saturated carbocycles. The van der Waals surface area contributed by atoms with E-state index in [0.29, 0.717) is 17.2 Å². The van der Waals surface area contributed by atoms with Crippen molar-refractivity contribution in [1.82, 2.24) is 0 Å². The summed E-state index contributed by atoms with van der Waals surface area (Å²) in [6, 6.07) is 6.65. The highest BCUT2D eigenvalue weighted by Gasteiger charge is 1.95. The first kappa shape index (κ1) is 8.67. The van der Waals surface area contributed by atoms with Gasteiger partial charge in [0.2, 0.25) is 0 Å². The van der Waals surface area contributed by atoms with Gasteiger partial charge in [-0.2, -0.15) is 0 Å². The van der Waals surface area contributed by atoms with Crippen molar-refractivity contribution in [3.8, 4) is 5.75 Å². The Balaban J connectivity index is 2.85. The summed E-state index contributed by atoms with van der Waals surface area (Å²) in [6.45, 7) is 0.371. The maximum atomic E-state index is 9.92. The molecular weight excluding hydrogens is 174 g/mol. The Labute approximate surface area is 75.1 Å². The van der Waals surface area contributed by atoms with Crippen molar-refractivity contribution in [1.29, 1.82) is 0 Å². The summed E-state index contributed by atoms with van der Waals surface area (Å²) in [4.78, 5) is 10.2. The Morgan fingerprint density at radius 3 is 2.42 bits per heavy atom. The van der Waals surface area contributed by atoms with E-state index in [1.165, 1.54) is 0 Å². The van der Waals surface area contributed by atoms with E-state index in [2.05, 4.69) is 4.74 Å². The zero-order chi connectivity index (χ0) is 8.97. The summed E-state index contributed by atoms with van der Waals surface area (Å²) in [5, 5.41) is 0. The summed E-state index contributed by atoms with van der Waals surface area (Å²) in [6.07, 6.45) is 0. The predicted molar refractivity (Wildman–Crippen MR) is 49.0 cm³/mol. The second-order valence-electron chi connectivity index (χ2n) is 2.10. The van der Waals surface area contributed by atoms with Gasteiger partial charge >= 0.3 is 0 Å². The molecule has 0 aromatic heterocycles. The zero-order valence-corrected chi connectivity index (χ0v) is 7.01. The highest BCUT2D eigenvalue weighted by molar-refractivity contribution is 7.80. The molecule has 0 aliphatic heterocycles. The van der Waals surface area contributed by atoms with E-state index in [-0.39, 0.29) is 0 Å². The van der Waals surface area contributed by atoms with Gasteiger partial charge in [-0.25, -0.2) is 0 Å². The van der Waals surface area contributed by atoms with Gasteiger partial charge < -0.3 is 10.5 Å². The Morgan fingerprint density at radius 1 is 1.42 bits per heavy atom.